The van der Waals surface area contributed by atoms with Crippen LogP contribution in [-0.4, -0.2) is 25.8 Å². The van der Waals surface area contributed by atoms with Crippen LogP contribution in [-0.2, 0) is 4.74 Å². The lowest BCUT2D eigenvalue weighted by Crippen LogP contribution is -2.59. The van der Waals surface area contributed by atoms with E-state index in [1.165, 1.54) is 38.5 Å². The quantitative estimate of drug-likeness (QED) is 0.702. The second-order valence-corrected chi connectivity index (χ2v) is 5.69. The fraction of sp³-hybridized carbons (Fsp3) is 1.00. The predicted octanol–water partition coefficient (Wildman–Crippen LogP) is 2.34. The van der Waals surface area contributed by atoms with Gasteiger partial charge in [-0.25, -0.2) is 0 Å². The fourth-order valence-corrected chi connectivity index (χ4v) is 3.89. The van der Waals surface area contributed by atoms with Gasteiger partial charge >= 0.3 is 0 Å². The lowest BCUT2D eigenvalue weighted by Gasteiger charge is -2.62. The van der Waals surface area contributed by atoms with Crippen LogP contribution in [0.4, 0.5) is 0 Å². The van der Waals surface area contributed by atoms with Crippen LogP contribution in [0, 0.1) is 10.8 Å². The molecule has 3 rings (SSSR count). The lowest BCUT2D eigenvalue weighted by atomic mass is 9.46. The van der Waals surface area contributed by atoms with Gasteiger partial charge in [-0.15, -0.1) is 0 Å². The van der Waals surface area contributed by atoms with Gasteiger partial charge in [0, 0.05) is 12.0 Å². The van der Waals surface area contributed by atoms with E-state index in [1.807, 2.05) is 0 Å². The van der Waals surface area contributed by atoms with Crippen molar-refractivity contribution in [3.05, 3.63) is 0 Å². The number of hydrogen-bond acceptors (Lipinski definition) is 2. The van der Waals surface area contributed by atoms with Crippen LogP contribution < -0.4 is 5.32 Å². The van der Waals surface area contributed by atoms with E-state index in [0.717, 1.165) is 25.1 Å². The summed E-state index contributed by atoms with van der Waals surface area (Å²) in [7, 11) is 0. The third-order valence-electron chi connectivity index (χ3n) is 5.28. The molecule has 0 heterocycles. The van der Waals surface area contributed by atoms with Crippen molar-refractivity contribution >= 4 is 0 Å². The van der Waals surface area contributed by atoms with Crippen molar-refractivity contribution < 1.29 is 4.74 Å². The first-order valence-corrected chi connectivity index (χ1v) is 6.65. The van der Waals surface area contributed by atoms with Crippen LogP contribution >= 0.6 is 0 Å². The Morgan fingerprint density at radius 1 is 1.20 bits per heavy atom. The first-order chi connectivity index (χ1) is 7.33. The van der Waals surface area contributed by atoms with E-state index in [-0.39, 0.29) is 0 Å². The number of rotatable bonds is 5. The molecule has 0 aromatic rings. The lowest BCUT2D eigenvalue weighted by molar-refractivity contribution is -0.199. The van der Waals surface area contributed by atoms with Crippen molar-refractivity contribution in [2.45, 2.75) is 51.6 Å². The topological polar surface area (TPSA) is 21.3 Å². The predicted molar refractivity (Wildman–Crippen MR) is 60.9 cm³/mol. The van der Waals surface area contributed by atoms with E-state index in [9.17, 15) is 0 Å². The van der Waals surface area contributed by atoms with Crippen LogP contribution in [0.2, 0.25) is 0 Å². The molecule has 2 heteroatoms. The highest BCUT2D eigenvalue weighted by atomic mass is 16.5. The number of fused-ring (bicyclic) bond motifs is 1. The highest BCUT2D eigenvalue weighted by molar-refractivity contribution is 5.21. The zero-order valence-electron chi connectivity index (χ0n) is 9.85. The van der Waals surface area contributed by atoms with Crippen molar-refractivity contribution in [2.75, 3.05) is 19.7 Å². The summed E-state index contributed by atoms with van der Waals surface area (Å²) in [6, 6.07) is 0. The third kappa shape index (κ3) is 1.31. The Balaban J connectivity index is 1.47. The van der Waals surface area contributed by atoms with Crippen LogP contribution in [0.3, 0.4) is 0 Å². The Bertz CT molecular complexity index is 245. The molecular weight excluding hydrogens is 186 g/mol. The largest absolute Gasteiger partial charge is 0.376 e. The third-order valence-corrected chi connectivity index (χ3v) is 5.28. The highest BCUT2D eigenvalue weighted by Gasteiger charge is 2.71. The average Bonchev–Trinajstić information content (AvgIpc) is 2.96. The van der Waals surface area contributed by atoms with Crippen LogP contribution in [0.25, 0.3) is 0 Å². The average molecular weight is 209 g/mol. The van der Waals surface area contributed by atoms with E-state index in [2.05, 4.69) is 12.2 Å². The van der Waals surface area contributed by atoms with Crippen molar-refractivity contribution in [1.82, 2.24) is 5.32 Å². The number of ether oxygens (including phenoxy) is 1. The second kappa shape index (κ2) is 3.46. The minimum Gasteiger partial charge on any atom is -0.376 e. The van der Waals surface area contributed by atoms with E-state index in [0.29, 0.717) is 11.5 Å². The maximum absolute atomic E-state index is 6.05. The Morgan fingerprint density at radius 3 is 2.47 bits per heavy atom. The summed E-state index contributed by atoms with van der Waals surface area (Å²) in [6.45, 7) is 5.14. The van der Waals surface area contributed by atoms with Gasteiger partial charge in [-0.1, -0.05) is 6.92 Å². The van der Waals surface area contributed by atoms with Gasteiger partial charge in [0.05, 0.1) is 12.7 Å². The molecule has 15 heavy (non-hydrogen) atoms. The Labute approximate surface area is 92.8 Å². The van der Waals surface area contributed by atoms with Gasteiger partial charge in [0.2, 0.25) is 0 Å². The van der Waals surface area contributed by atoms with E-state index >= 15 is 0 Å². The van der Waals surface area contributed by atoms with Crippen molar-refractivity contribution in [1.29, 1.82) is 0 Å². The molecule has 0 radical (unpaired) electrons. The molecular formula is C13H23NO. The molecule has 3 aliphatic rings. The molecule has 0 bridgehead atoms. The Hall–Kier alpha value is -0.0800. The molecule has 0 unspecified atom stereocenters. The van der Waals surface area contributed by atoms with Crippen LogP contribution in [0.5, 0.6) is 0 Å². The summed E-state index contributed by atoms with van der Waals surface area (Å²) in [4.78, 5) is 0. The minimum atomic E-state index is 0.618. The summed E-state index contributed by atoms with van der Waals surface area (Å²) in [6.07, 6.45) is 9.36. The maximum atomic E-state index is 6.05. The van der Waals surface area contributed by atoms with Gasteiger partial charge in [-0.05, 0) is 50.5 Å². The van der Waals surface area contributed by atoms with Crippen molar-refractivity contribution in [3.63, 3.8) is 0 Å². The fourth-order valence-electron chi connectivity index (χ4n) is 3.89. The van der Waals surface area contributed by atoms with E-state index in [4.69, 9.17) is 4.74 Å². The molecule has 0 aromatic heterocycles. The molecule has 0 aliphatic heterocycles. The number of hydrogen-bond donors (Lipinski definition) is 1. The van der Waals surface area contributed by atoms with Gasteiger partial charge in [0.15, 0.2) is 0 Å². The van der Waals surface area contributed by atoms with Crippen LogP contribution in [0.1, 0.15) is 45.4 Å². The van der Waals surface area contributed by atoms with Gasteiger partial charge < -0.3 is 10.1 Å². The molecule has 0 amide bonds. The normalized spacial score (nSPS) is 40.2. The monoisotopic (exact) mass is 209 g/mol. The SMILES string of the molecule is CCNCCO[C@@H]1CC[C@]12CCC21CC1. The van der Waals surface area contributed by atoms with Crippen LogP contribution in [0.15, 0.2) is 0 Å². The second-order valence-electron chi connectivity index (χ2n) is 5.69. The van der Waals surface area contributed by atoms with E-state index < -0.39 is 0 Å². The molecule has 3 fully saturated rings. The molecule has 3 aliphatic carbocycles. The molecule has 86 valence electrons. The molecule has 0 saturated heterocycles. The zero-order chi connectivity index (χ0) is 10.4. The van der Waals surface area contributed by atoms with Crippen molar-refractivity contribution in [2.24, 2.45) is 10.8 Å². The molecule has 3 saturated carbocycles. The molecule has 2 spiro atoms. The molecule has 1 N–H and O–H groups in total. The summed E-state index contributed by atoms with van der Waals surface area (Å²) in [5.74, 6) is 0. The Kier molecular flexibility index (Phi) is 2.33. The van der Waals surface area contributed by atoms with Gasteiger partial charge in [-0.2, -0.15) is 0 Å². The summed E-state index contributed by atoms with van der Waals surface area (Å²) >= 11 is 0. The zero-order valence-corrected chi connectivity index (χ0v) is 9.85. The summed E-state index contributed by atoms with van der Waals surface area (Å²) in [5, 5.41) is 3.33. The molecule has 0 aromatic carbocycles. The molecule has 2 nitrogen and oxygen atoms in total. The number of nitrogens with one attached hydrogen (secondary N) is 1. The summed E-state index contributed by atoms with van der Waals surface area (Å²) < 4.78 is 6.05. The first kappa shape index (κ1) is 10.1. The highest BCUT2D eigenvalue weighted by Crippen LogP contribution is 2.78. The smallest absolute Gasteiger partial charge is 0.0637 e. The number of likely N-dealkylation sites (N-methyl/N-ethyl adjacent to an activating group) is 1. The van der Waals surface area contributed by atoms with Gasteiger partial charge in [0.25, 0.3) is 0 Å². The van der Waals surface area contributed by atoms with E-state index in [1.54, 1.807) is 0 Å². The standard InChI is InChI=1S/C13H23NO/c1-2-14-9-10-15-11-3-4-13(11)8-7-12(13)5-6-12/h11,14H,2-10H2,1H3/t11-,13+/m1/s1. The maximum Gasteiger partial charge on any atom is 0.0637 e. The first-order valence-electron chi connectivity index (χ1n) is 6.65. The van der Waals surface area contributed by atoms with Gasteiger partial charge in [0.1, 0.15) is 0 Å². The van der Waals surface area contributed by atoms with Crippen molar-refractivity contribution in [3.8, 4) is 0 Å². The minimum absolute atomic E-state index is 0.618. The molecule has 2 atom stereocenters. The summed E-state index contributed by atoms with van der Waals surface area (Å²) in [5.41, 5.74) is 1.45. The van der Waals surface area contributed by atoms with Gasteiger partial charge in [-0.3, -0.25) is 0 Å². The Morgan fingerprint density at radius 2 is 2.00 bits per heavy atom.